The Morgan fingerprint density at radius 2 is 1.70 bits per heavy atom. The zero-order valence-corrected chi connectivity index (χ0v) is 23.0. The highest BCUT2D eigenvalue weighted by molar-refractivity contribution is 5.96. The van der Waals surface area contributed by atoms with Crippen molar-refractivity contribution in [3.8, 4) is 11.1 Å². The number of nitrogens with zero attached hydrogens (tertiary/aromatic N) is 4. The van der Waals surface area contributed by atoms with Crippen LogP contribution in [-0.4, -0.2) is 86.0 Å². The molecule has 0 unspecified atom stereocenters. The number of amides is 2. The third-order valence-corrected chi connectivity index (χ3v) is 7.68. The predicted molar refractivity (Wildman–Crippen MR) is 154 cm³/mol. The van der Waals surface area contributed by atoms with Crippen molar-refractivity contribution in [3.63, 3.8) is 0 Å². The van der Waals surface area contributed by atoms with E-state index in [9.17, 15) is 14.4 Å². The number of likely N-dealkylation sites (N-methyl/N-ethyl adjacent to an activating group) is 1. The van der Waals surface area contributed by atoms with Gasteiger partial charge in [0, 0.05) is 56.8 Å². The average molecular weight is 542 g/mol. The molecule has 2 aromatic carbocycles. The molecule has 9 heteroatoms. The summed E-state index contributed by atoms with van der Waals surface area (Å²) in [4.78, 5) is 49.0. The first-order valence-corrected chi connectivity index (χ1v) is 13.7. The first-order chi connectivity index (χ1) is 19.4. The number of ether oxygens (including phenoxy) is 1. The molecule has 2 amide bonds. The van der Waals surface area contributed by atoms with Crippen LogP contribution in [0.25, 0.3) is 11.1 Å². The van der Waals surface area contributed by atoms with E-state index in [-0.39, 0.29) is 23.7 Å². The summed E-state index contributed by atoms with van der Waals surface area (Å²) in [6.45, 7) is 4.78. The van der Waals surface area contributed by atoms with E-state index < -0.39 is 0 Å². The number of nitrogens with one attached hydrogen (secondary N) is 1. The van der Waals surface area contributed by atoms with Crippen molar-refractivity contribution in [1.82, 2.24) is 14.8 Å². The van der Waals surface area contributed by atoms with Gasteiger partial charge in [0.15, 0.2) is 0 Å². The number of carbonyl (C=O) groups excluding carboxylic acids is 3. The summed E-state index contributed by atoms with van der Waals surface area (Å²) >= 11 is 0. The van der Waals surface area contributed by atoms with E-state index in [0.717, 1.165) is 55.8 Å². The molecule has 0 bridgehead atoms. The molecule has 1 aromatic heterocycles. The lowest BCUT2D eigenvalue weighted by Crippen LogP contribution is -2.45. The Labute approximate surface area is 234 Å². The number of piperidine rings is 1. The van der Waals surface area contributed by atoms with Gasteiger partial charge in [0.05, 0.1) is 18.6 Å². The fraction of sp³-hybridized carbons (Fsp3) is 0.355. The van der Waals surface area contributed by atoms with Crippen LogP contribution < -0.4 is 10.2 Å². The number of aromatic nitrogens is 1. The van der Waals surface area contributed by atoms with Crippen LogP contribution in [0.4, 0.5) is 11.4 Å². The van der Waals surface area contributed by atoms with Crippen LogP contribution in [0.3, 0.4) is 0 Å². The van der Waals surface area contributed by atoms with Gasteiger partial charge in [-0.25, -0.2) is 4.79 Å². The second-order valence-corrected chi connectivity index (χ2v) is 10.4. The molecule has 2 aliphatic rings. The number of benzene rings is 2. The van der Waals surface area contributed by atoms with Crippen molar-refractivity contribution >= 4 is 29.2 Å². The largest absolute Gasteiger partial charge is 0.465 e. The maximum atomic E-state index is 13.4. The Morgan fingerprint density at radius 1 is 0.925 bits per heavy atom. The molecule has 2 fully saturated rings. The summed E-state index contributed by atoms with van der Waals surface area (Å²) in [5.74, 6) is -0.923. The summed E-state index contributed by atoms with van der Waals surface area (Å²) in [6.07, 6.45) is 3.18. The van der Waals surface area contributed by atoms with Crippen LogP contribution >= 0.6 is 0 Å². The Balaban J connectivity index is 1.22. The summed E-state index contributed by atoms with van der Waals surface area (Å²) < 4.78 is 4.77. The minimum absolute atomic E-state index is 0.102. The van der Waals surface area contributed by atoms with E-state index in [2.05, 4.69) is 27.1 Å². The summed E-state index contributed by atoms with van der Waals surface area (Å²) in [7, 11) is 3.47. The second-order valence-electron chi connectivity index (χ2n) is 10.4. The van der Waals surface area contributed by atoms with Crippen LogP contribution in [0, 0.1) is 5.92 Å². The van der Waals surface area contributed by atoms with Gasteiger partial charge in [-0.3, -0.25) is 14.6 Å². The fourth-order valence-corrected chi connectivity index (χ4v) is 5.27. The molecule has 2 aliphatic heterocycles. The summed E-state index contributed by atoms with van der Waals surface area (Å²) in [5, 5.41) is 3.04. The van der Waals surface area contributed by atoms with Gasteiger partial charge in [-0.2, -0.15) is 0 Å². The Kier molecular flexibility index (Phi) is 8.40. The molecule has 0 spiro atoms. The van der Waals surface area contributed by atoms with Crippen molar-refractivity contribution in [2.24, 2.45) is 5.92 Å². The molecule has 9 nitrogen and oxygen atoms in total. The molecular formula is C31H35N5O4. The van der Waals surface area contributed by atoms with Crippen LogP contribution in [0.1, 0.15) is 33.7 Å². The van der Waals surface area contributed by atoms with Crippen molar-refractivity contribution in [3.05, 3.63) is 78.1 Å². The molecule has 2 saturated heterocycles. The standard InChI is InChI=1S/C31H35N5O4/c1-34-15-17-35(18-16-34)27-12-13-32-28(20-27)30(38)36-14-4-6-25(21-36)29(37)33-26-7-3-5-24(19-26)22-8-10-23(11-9-22)31(39)40-2/h3,5,7-13,19-20,25H,4,6,14-18,21H2,1-2H3,(H,33,37)/t25-/m0/s1. The molecule has 3 heterocycles. The zero-order chi connectivity index (χ0) is 28.1. The highest BCUT2D eigenvalue weighted by atomic mass is 16.5. The molecule has 0 aliphatic carbocycles. The fourth-order valence-electron chi connectivity index (χ4n) is 5.27. The number of hydrogen-bond donors (Lipinski definition) is 1. The average Bonchev–Trinajstić information content (AvgIpc) is 3.01. The Morgan fingerprint density at radius 3 is 2.45 bits per heavy atom. The summed E-state index contributed by atoms with van der Waals surface area (Å²) in [5.41, 5.74) is 4.43. The number of piperazine rings is 1. The number of esters is 1. The Bertz CT molecular complexity index is 1370. The molecule has 208 valence electrons. The normalized spacial score (nSPS) is 17.8. The first-order valence-electron chi connectivity index (χ1n) is 13.7. The van der Waals surface area contributed by atoms with Crippen molar-refractivity contribution < 1.29 is 19.1 Å². The van der Waals surface area contributed by atoms with Crippen LogP contribution in [-0.2, 0) is 9.53 Å². The topological polar surface area (TPSA) is 95.1 Å². The van der Waals surface area contributed by atoms with E-state index in [4.69, 9.17) is 4.74 Å². The maximum Gasteiger partial charge on any atom is 0.337 e. The van der Waals surface area contributed by atoms with Crippen LogP contribution in [0.15, 0.2) is 66.9 Å². The lowest BCUT2D eigenvalue weighted by molar-refractivity contribution is -0.121. The Hall–Kier alpha value is -4.24. The number of rotatable bonds is 6. The van der Waals surface area contributed by atoms with E-state index >= 15 is 0 Å². The minimum atomic E-state index is -0.383. The molecule has 5 rings (SSSR count). The molecule has 0 radical (unpaired) electrons. The number of carbonyl (C=O) groups is 3. The van der Waals surface area contributed by atoms with Gasteiger partial charge in [0.25, 0.3) is 5.91 Å². The van der Waals surface area contributed by atoms with Gasteiger partial charge in [-0.05, 0) is 67.4 Å². The molecule has 1 atom stereocenters. The lowest BCUT2D eigenvalue weighted by atomic mass is 9.96. The van der Waals surface area contributed by atoms with Gasteiger partial charge >= 0.3 is 5.97 Å². The van der Waals surface area contributed by atoms with Gasteiger partial charge < -0.3 is 24.8 Å². The highest BCUT2D eigenvalue weighted by Gasteiger charge is 2.30. The molecule has 0 saturated carbocycles. The quantitative estimate of drug-likeness (QED) is 0.475. The van der Waals surface area contributed by atoms with Crippen molar-refractivity contribution in [2.45, 2.75) is 12.8 Å². The number of methoxy groups -OCH3 is 1. The van der Waals surface area contributed by atoms with Gasteiger partial charge in [0.1, 0.15) is 5.69 Å². The molecule has 3 aromatic rings. The predicted octanol–water partition coefficient (Wildman–Crippen LogP) is 3.78. The third-order valence-electron chi connectivity index (χ3n) is 7.68. The van der Waals surface area contributed by atoms with Crippen molar-refractivity contribution in [2.75, 3.05) is 63.6 Å². The van der Waals surface area contributed by atoms with E-state index in [0.29, 0.717) is 30.0 Å². The van der Waals surface area contributed by atoms with Crippen LogP contribution in [0.2, 0.25) is 0 Å². The van der Waals surface area contributed by atoms with E-state index in [1.807, 2.05) is 48.5 Å². The van der Waals surface area contributed by atoms with Gasteiger partial charge in [0.2, 0.25) is 5.91 Å². The SMILES string of the molecule is COC(=O)c1ccc(-c2cccc(NC(=O)[C@H]3CCCN(C(=O)c4cc(N5CCN(C)CC5)ccn4)C3)c2)cc1. The molecule has 1 N–H and O–H groups in total. The highest BCUT2D eigenvalue weighted by Crippen LogP contribution is 2.26. The maximum absolute atomic E-state index is 13.4. The number of hydrogen-bond acceptors (Lipinski definition) is 7. The summed E-state index contributed by atoms with van der Waals surface area (Å²) in [6, 6.07) is 18.6. The lowest BCUT2D eigenvalue weighted by Gasteiger charge is -2.34. The monoisotopic (exact) mass is 541 g/mol. The van der Waals surface area contributed by atoms with Crippen LogP contribution in [0.5, 0.6) is 0 Å². The number of pyridine rings is 1. The smallest absolute Gasteiger partial charge is 0.337 e. The number of anilines is 2. The van der Waals surface area contributed by atoms with Gasteiger partial charge in [-0.1, -0.05) is 24.3 Å². The second kappa shape index (κ2) is 12.3. The van der Waals surface area contributed by atoms with E-state index in [1.54, 1.807) is 23.2 Å². The third kappa shape index (κ3) is 6.31. The van der Waals surface area contributed by atoms with E-state index in [1.165, 1.54) is 7.11 Å². The first kappa shape index (κ1) is 27.3. The van der Waals surface area contributed by atoms with Gasteiger partial charge in [-0.15, -0.1) is 0 Å². The minimum Gasteiger partial charge on any atom is -0.465 e. The molecule has 40 heavy (non-hydrogen) atoms. The molecular weight excluding hydrogens is 506 g/mol. The van der Waals surface area contributed by atoms with Crippen molar-refractivity contribution in [1.29, 1.82) is 0 Å². The zero-order valence-electron chi connectivity index (χ0n) is 23.0. The number of likely N-dealkylation sites (tertiary alicyclic amines) is 1.